The Morgan fingerprint density at radius 3 is 2.54 bits per heavy atom. The van der Waals surface area contributed by atoms with Crippen LogP contribution in [0.2, 0.25) is 0 Å². The first kappa shape index (κ1) is 18.3. The van der Waals surface area contributed by atoms with Crippen LogP contribution in [0.5, 0.6) is 0 Å². The van der Waals surface area contributed by atoms with E-state index in [0.717, 1.165) is 29.6 Å². The summed E-state index contributed by atoms with van der Waals surface area (Å²) in [6, 6.07) is 10.2. The highest BCUT2D eigenvalue weighted by molar-refractivity contribution is 8.00. The monoisotopic (exact) mass is 355 g/mol. The number of hydrogen-bond acceptors (Lipinski definition) is 4. The molecule has 0 aliphatic rings. The van der Waals surface area contributed by atoms with Gasteiger partial charge in [0.05, 0.1) is 5.25 Å². The number of alkyl halides is 3. The minimum absolute atomic E-state index is 0.0706. The van der Waals surface area contributed by atoms with Gasteiger partial charge in [-0.15, -0.1) is 0 Å². The quantitative estimate of drug-likeness (QED) is 0.607. The fraction of sp³-hybridized carbons (Fsp3) is 0.312. The highest BCUT2D eigenvalue weighted by Crippen LogP contribution is 2.29. The summed E-state index contributed by atoms with van der Waals surface area (Å²) in [7, 11) is 1.65. The lowest BCUT2D eigenvalue weighted by Crippen LogP contribution is -2.32. The van der Waals surface area contributed by atoms with Crippen LogP contribution in [0.1, 0.15) is 18.2 Å². The van der Waals surface area contributed by atoms with E-state index in [0.29, 0.717) is 6.54 Å². The Kier molecular flexibility index (Phi) is 5.82. The van der Waals surface area contributed by atoms with Gasteiger partial charge in [-0.2, -0.15) is 13.2 Å². The van der Waals surface area contributed by atoms with E-state index in [2.05, 4.69) is 9.97 Å². The van der Waals surface area contributed by atoms with Gasteiger partial charge in [0, 0.05) is 19.8 Å². The number of nitrogens with zero attached hydrogens (tertiary/aromatic N) is 3. The third-order valence-corrected chi connectivity index (χ3v) is 4.16. The molecule has 1 aromatic heterocycles. The predicted octanol–water partition coefficient (Wildman–Crippen LogP) is 3.63. The van der Waals surface area contributed by atoms with Crippen LogP contribution in [0, 0.1) is 0 Å². The van der Waals surface area contributed by atoms with Crippen molar-refractivity contribution in [1.82, 2.24) is 14.9 Å². The largest absolute Gasteiger partial charge is 0.433 e. The summed E-state index contributed by atoms with van der Waals surface area (Å²) in [5, 5.41) is -0.666. The minimum Gasteiger partial charge on any atom is -0.340 e. The molecule has 1 aromatic carbocycles. The molecular weight excluding hydrogens is 339 g/mol. The Bertz CT molecular complexity index is 694. The van der Waals surface area contributed by atoms with Crippen molar-refractivity contribution in [2.75, 3.05) is 7.05 Å². The summed E-state index contributed by atoms with van der Waals surface area (Å²) in [6.45, 7) is 2.05. The number of aromatic nitrogens is 2. The first-order chi connectivity index (χ1) is 11.3. The standard InChI is InChI=1S/C16H16F3N3OS/c1-11(14(23)22(2)10-12-6-4-3-5-7-12)24-15-20-9-8-13(21-15)16(17,18)19/h3-9,11H,10H2,1-2H3. The second-order valence-corrected chi connectivity index (χ2v) is 6.47. The predicted molar refractivity (Wildman–Crippen MR) is 85.3 cm³/mol. The highest BCUT2D eigenvalue weighted by atomic mass is 32.2. The molecule has 0 saturated heterocycles. The fourth-order valence-corrected chi connectivity index (χ4v) is 2.88. The second-order valence-electron chi connectivity index (χ2n) is 5.16. The maximum Gasteiger partial charge on any atom is 0.433 e. The van der Waals surface area contributed by atoms with E-state index < -0.39 is 17.1 Å². The lowest BCUT2D eigenvalue weighted by Gasteiger charge is -2.21. The third kappa shape index (κ3) is 4.95. The van der Waals surface area contributed by atoms with Crippen LogP contribution >= 0.6 is 11.8 Å². The lowest BCUT2D eigenvalue weighted by atomic mass is 10.2. The average molecular weight is 355 g/mol. The third-order valence-electron chi connectivity index (χ3n) is 3.19. The number of benzene rings is 1. The Hall–Kier alpha value is -2.09. The molecule has 0 fully saturated rings. The van der Waals surface area contributed by atoms with Crippen molar-refractivity contribution < 1.29 is 18.0 Å². The van der Waals surface area contributed by atoms with Crippen LogP contribution in [0.3, 0.4) is 0 Å². The van der Waals surface area contributed by atoms with Gasteiger partial charge < -0.3 is 4.90 Å². The van der Waals surface area contributed by atoms with Crippen LogP contribution < -0.4 is 0 Å². The van der Waals surface area contributed by atoms with Crippen LogP contribution in [-0.4, -0.2) is 33.1 Å². The number of hydrogen-bond donors (Lipinski definition) is 0. The summed E-state index contributed by atoms with van der Waals surface area (Å²) >= 11 is 0.907. The molecule has 24 heavy (non-hydrogen) atoms. The van der Waals surface area contributed by atoms with Crippen molar-refractivity contribution in [3.05, 3.63) is 53.9 Å². The number of carbonyl (C=O) groups excluding carboxylic acids is 1. The zero-order valence-electron chi connectivity index (χ0n) is 13.1. The van der Waals surface area contributed by atoms with E-state index in [1.54, 1.807) is 14.0 Å². The molecule has 128 valence electrons. The van der Waals surface area contributed by atoms with Gasteiger partial charge in [0.25, 0.3) is 0 Å². The van der Waals surface area contributed by atoms with E-state index >= 15 is 0 Å². The molecule has 0 saturated carbocycles. The van der Waals surface area contributed by atoms with Crippen molar-refractivity contribution in [3.63, 3.8) is 0 Å². The van der Waals surface area contributed by atoms with Crippen molar-refractivity contribution >= 4 is 17.7 Å². The van der Waals surface area contributed by atoms with Crippen LogP contribution in [0.25, 0.3) is 0 Å². The maximum absolute atomic E-state index is 12.7. The molecule has 0 spiro atoms. The molecule has 2 rings (SSSR count). The molecule has 4 nitrogen and oxygen atoms in total. The van der Waals surface area contributed by atoms with Crippen molar-refractivity contribution in [1.29, 1.82) is 0 Å². The smallest absolute Gasteiger partial charge is 0.340 e. The Balaban J connectivity index is 2.01. The molecule has 0 aliphatic heterocycles. The number of halogens is 3. The highest BCUT2D eigenvalue weighted by Gasteiger charge is 2.33. The molecule has 0 N–H and O–H groups in total. The normalized spacial score (nSPS) is 12.7. The molecule has 1 heterocycles. The molecule has 1 unspecified atom stereocenters. The summed E-state index contributed by atoms with van der Waals surface area (Å²) < 4.78 is 38.0. The Labute approximate surface area is 142 Å². The van der Waals surface area contributed by atoms with E-state index in [4.69, 9.17) is 0 Å². The molecule has 0 bridgehead atoms. The number of amides is 1. The SMILES string of the molecule is CC(Sc1nccc(C(F)(F)F)n1)C(=O)N(C)Cc1ccccc1. The van der Waals surface area contributed by atoms with Gasteiger partial charge in [-0.3, -0.25) is 4.79 Å². The fourth-order valence-electron chi connectivity index (χ4n) is 2.01. The molecule has 0 aliphatic carbocycles. The summed E-state index contributed by atoms with van der Waals surface area (Å²) in [5.74, 6) is -0.204. The zero-order chi connectivity index (χ0) is 17.7. The molecule has 0 radical (unpaired) electrons. The first-order valence-electron chi connectivity index (χ1n) is 7.13. The Morgan fingerprint density at radius 1 is 1.25 bits per heavy atom. The number of carbonyl (C=O) groups is 1. The van der Waals surface area contributed by atoms with Gasteiger partial charge >= 0.3 is 6.18 Å². The van der Waals surface area contributed by atoms with Gasteiger partial charge in [-0.1, -0.05) is 42.1 Å². The maximum atomic E-state index is 12.7. The minimum atomic E-state index is -4.53. The van der Waals surface area contributed by atoms with E-state index in [1.165, 1.54) is 4.90 Å². The molecule has 2 aromatic rings. The van der Waals surface area contributed by atoms with Crippen LogP contribution in [0.4, 0.5) is 13.2 Å². The van der Waals surface area contributed by atoms with Gasteiger partial charge in [-0.05, 0) is 18.6 Å². The van der Waals surface area contributed by atoms with Crippen LogP contribution in [0.15, 0.2) is 47.8 Å². The summed E-state index contributed by atoms with van der Waals surface area (Å²) in [6.07, 6.45) is -3.49. The van der Waals surface area contributed by atoms with Gasteiger partial charge in [0.15, 0.2) is 5.16 Å². The Morgan fingerprint density at radius 2 is 1.92 bits per heavy atom. The average Bonchev–Trinajstić information content (AvgIpc) is 2.54. The molecule has 1 amide bonds. The van der Waals surface area contributed by atoms with E-state index in [1.807, 2.05) is 30.3 Å². The lowest BCUT2D eigenvalue weighted by molar-refractivity contribution is -0.141. The molecule has 1 atom stereocenters. The second kappa shape index (κ2) is 7.65. The van der Waals surface area contributed by atoms with Gasteiger partial charge in [-0.25, -0.2) is 9.97 Å². The van der Waals surface area contributed by atoms with Gasteiger partial charge in [0.2, 0.25) is 5.91 Å². The topological polar surface area (TPSA) is 46.1 Å². The first-order valence-corrected chi connectivity index (χ1v) is 8.01. The van der Waals surface area contributed by atoms with Gasteiger partial charge in [0.1, 0.15) is 5.69 Å². The number of thioether (sulfide) groups is 1. The number of rotatable bonds is 5. The zero-order valence-corrected chi connectivity index (χ0v) is 13.9. The van der Waals surface area contributed by atoms with E-state index in [9.17, 15) is 18.0 Å². The van der Waals surface area contributed by atoms with Crippen molar-refractivity contribution in [2.45, 2.75) is 30.1 Å². The summed E-state index contributed by atoms with van der Waals surface area (Å²) in [5.41, 5.74) is -0.0434. The van der Waals surface area contributed by atoms with Crippen molar-refractivity contribution in [3.8, 4) is 0 Å². The summed E-state index contributed by atoms with van der Waals surface area (Å²) in [4.78, 5) is 21.2. The molecular formula is C16H16F3N3OS. The van der Waals surface area contributed by atoms with Crippen LogP contribution in [-0.2, 0) is 17.5 Å². The van der Waals surface area contributed by atoms with Crippen molar-refractivity contribution in [2.24, 2.45) is 0 Å². The van der Waals surface area contributed by atoms with E-state index in [-0.39, 0.29) is 11.1 Å². The molecule has 8 heteroatoms.